The molecule has 0 bridgehead atoms. The largest absolute Gasteiger partial charge is 0.392 e. The Morgan fingerprint density at radius 1 is 1.50 bits per heavy atom. The molecule has 0 unspecified atom stereocenters. The molecule has 6 heavy (non-hydrogen) atoms. The number of hydrogen-bond acceptors (Lipinski definition) is 1. The van der Waals surface area contributed by atoms with Gasteiger partial charge in [-0.15, -0.1) is 11.6 Å². The third kappa shape index (κ3) is 3.99. The van der Waals surface area contributed by atoms with Gasteiger partial charge in [-0.2, -0.15) is 0 Å². The lowest BCUT2D eigenvalue weighted by molar-refractivity contribution is 0.342. The predicted molar refractivity (Wildman–Crippen MR) is 26.9 cm³/mol. The highest BCUT2D eigenvalue weighted by Crippen LogP contribution is 1.74. The van der Waals surface area contributed by atoms with Gasteiger partial charge in [0.1, 0.15) is 0 Å². The summed E-state index contributed by atoms with van der Waals surface area (Å²) in [4.78, 5) is 0. The van der Waals surface area contributed by atoms with Gasteiger partial charge in [0.25, 0.3) is 0 Å². The van der Waals surface area contributed by atoms with Crippen molar-refractivity contribution in [2.45, 2.75) is 0 Å². The fourth-order valence-electron chi connectivity index (χ4n) is 0.138. The van der Waals surface area contributed by atoms with Crippen LogP contribution in [0, 0.1) is 0 Å². The standard InChI is InChI=1S/C4H7ClO/c5-3-1-2-4-6/h1-2,6H,3-4H2/b2-1-. The second-order valence-corrected chi connectivity index (χ2v) is 1.12. The Bertz CT molecular complexity index is 36.8. The van der Waals surface area contributed by atoms with Gasteiger partial charge in [0, 0.05) is 5.88 Å². The Kier molecular flexibility index (Phi) is 4.98. The molecule has 1 N–H and O–H groups in total. The second-order valence-electron chi connectivity index (χ2n) is 0.808. The highest BCUT2D eigenvalue weighted by molar-refractivity contribution is 6.18. The molecule has 0 fully saturated rings. The molecule has 0 saturated heterocycles. The summed E-state index contributed by atoms with van der Waals surface area (Å²) in [5.41, 5.74) is 0. The van der Waals surface area contributed by atoms with Crippen LogP contribution in [0.25, 0.3) is 0 Å². The van der Waals surface area contributed by atoms with Crippen molar-refractivity contribution in [3.05, 3.63) is 12.2 Å². The monoisotopic (exact) mass is 106 g/mol. The average Bonchev–Trinajstić information content (AvgIpc) is 1.61. The van der Waals surface area contributed by atoms with E-state index in [1.807, 2.05) is 0 Å². The highest BCUT2D eigenvalue weighted by atomic mass is 35.5. The van der Waals surface area contributed by atoms with Crippen LogP contribution in [-0.4, -0.2) is 17.6 Å². The predicted octanol–water partition coefficient (Wildman–Crippen LogP) is 0.774. The van der Waals surface area contributed by atoms with Crippen LogP contribution < -0.4 is 0 Å². The maximum Gasteiger partial charge on any atom is 0.0612 e. The lowest BCUT2D eigenvalue weighted by Crippen LogP contribution is -1.69. The lowest BCUT2D eigenvalue weighted by Gasteiger charge is -1.71. The maximum atomic E-state index is 8.05. The Balaban J connectivity index is 2.73. The molecule has 0 aliphatic heterocycles. The number of allylic oxidation sites excluding steroid dienone is 1. The van der Waals surface area contributed by atoms with Crippen LogP contribution in [0.5, 0.6) is 0 Å². The van der Waals surface area contributed by atoms with E-state index in [9.17, 15) is 0 Å². The third-order valence-corrected chi connectivity index (χ3v) is 0.539. The molecule has 1 nitrogen and oxygen atoms in total. The van der Waals surface area contributed by atoms with Crippen molar-refractivity contribution in [1.29, 1.82) is 0 Å². The molecule has 0 aromatic heterocycles. The first-order chi connectivity index (χ1) is 2.91. The number of rotatable bonds is 2. The molecule has 36 valence electrons. The van der Waals surface area contributed by atoms with Gasteiger partial charge in [-0.1, -0.05) is 12.2 Å². The van der Waals surface area contributed by atoms with E-state index in [0.29, 0.717) is 5.88 Å². The molecule has 0 aliphatic rings. The molecule has 0 radical (unpaired) electrons. The zero-order chi connectivity index (χ0) is 4.83. The van der Waals surface area contributed by atoms with Gasteiger partial charge in [0.05, 0.1) is 6.61 Å². The quantitative estimate of drug-likeness (QED) is 0.407. The fraction of sp³-hybridized carbons (Fsp3) is 0.500. The zero-order valence-corrected chi connectivity index (χ0v) is 4.15. The lowest BCUT2D eigenvalue weighted by atomic mass is 10.6. The maximum absolute atomic E-state index is 8.05. The van der Waals surface area contributed by atoms with E-state index >= 15 is 0 Å². The summed E-state index contributed by atoms with van der Waals surface area (Å²) in [6.45, 7) is 0.0900. The fourth-order valence-corrected chi connectivity index (χ4v) is 0.264. The van der Waals surface area contributed by atoms with Gasteiger partial charge >= 0.3 is 0 Å². The van der Waals surface area contributed by atoms with Crippen LogP contribution in [0.2, 0.25) is 0 Å². The summed E-state index contributed by atoms with van der Waals surface area (Å²) in [7, 11) is 0. The molecule has 0 rings (SSSR count). The van der Waals surface area contributed by atoms with Crippen molar-refractivity contribution in [2.75, 3.05) is 12.5 Å². The van der Waals surface area contributed by atoms with Crippen molar-refractivity contribution in [1.82, 2.24) is 0 Å². The molecular formula is C4H7ClO. The molecule has 0 aromatic carbocycles. The molecule has 0 aromatic rings. The summed E-state index contributed by atoms with van der Waals surface area (Å²) < 4.78 is 0. The highest BCUT2D eigenvalue weighted by Gasteiger charge is 1.62. The van der Waals surface area contributed by atoms with Gasteiger partial charge in [-0.3, -0.25) is 0 Å². The van der Waals surface area contributed by atoms with E-state index in [1.165, 1.54) is 0 Å². The number of aliphatic hydroxyl groups excluding tert-OH is 1. The minimum absolute atomic E-state index is 0.0900. The van der Waals surface area contributed by atoms with E-state index in [4.69, 9.17) is 16.7 Å². The molecule has 0 heterocycles. The molecule has 2 heteroatoms. The van der Waals surface area contributed by atoms with E-state index < -0.39 is 0 Å². The van der Waals surface area contributed by atoms with E-state index in [1.54, 1.807) is 12.2 Å². The van der Waals surface area contributed by atoms with E-state index in [0.717, 1.165) is 0 Å². The summed E-state index contributed by atoms with van der Waals surface area (Å²) in [5.74, 6) is 0.487. The van der Waals surface area contributed by atoms with Crippen LogP contribution in [0.15, 0.2) is 12.2 Å². The summed E-state index contributed by atoms with van der Waals surface area (Å²) in [6.07, 6.45) is 3.30. The first-order valence-electron chi connectivity index (χ1n) is 1.73. The third-order valence-electron chi connectivity index (χ3n) is 0.361. The minimum Gasteiger partial charge on any atom is -0.392 e. The van der Waals surface area contributed by atoms with E-state index in [-0.39, 0.29) is 6.61 Å². The topological polar surface area (TPSA) is 20.2 Å². The molecule has 0 amide bonds. The second kappa shape index (κ2) is 4.99. The van der Waals surface area contributed by atoms with Gasteiger partial charge in [0.2, 0.25) is 0 Å². The zero-order valence-electron chi connectivity index (χ0n) is 3.39. The SMILES string of the molecule is OC/C=C\CCl. The Labute approximate surface area is 42.2 Å². The molecule has 0 spiro atoms. The van der Waals surface area contributed by atoms with Crippen molar-refractivity contribution < 1.29 is 5.11 Å². The summed E-state index contributed by atoms with van der Waals surface area (Å²) in [6, 6.07) is 0. The molecule has 0 aliphatic carbocycles. The van der Waals surface area contributed by atoms with Crippen LogP contribution in [0.1, 0.15) is 0 Å². The van der Waals surface area contributed by atoms with Crippen LogP contribution in [0.3, 0.4) is 0 Å². The molecule has 0 saturated carbocycles. The Morgan fingerprint density at radius 2 is 2.17 bits per heavy atom. The van der Waals surface area contributed by atoms with Crippen molar-refractivity contribution in [2.24, 2.45) is 0 Å². The van der Waals surface area contributed by atoms with Gasteiger partial charge in [-0.25, -0.2) is 0 Å². The van der Waals surface area contributed by atoms with E-state index in [2.05, 4.69) is 0 Å². The van der Waals surface area contributed by atoms with Crippen molar-refractivity contribution in [3.63, 3.8) is 0 Å². The average molecular weight is 107 g/mol. The number of aliphatic hydroxyl groups is 1. The Hall–Kier alpha value is -0.0100. The smallest absolute Gasteiger partial charge is 0.0612 e. The summed E-state index contributed by atoms with van der Waals surface area (Å²) in [5, 5.41) is 8.05. The number of hydrogen-bond donors (Lipinski definition) is 1. The molecule has 0 atom stereocenters. The normalized spacial score (nSPS) is 10.3. The first kappa shape index (κ1) is 5.99. The van der Waals surface area contributed by atoms with Crippen LogP contribution >= 0.6 is 11.6 Å². The van der Waals surface area contributed by atoms with Gasteiger partial charge in [0.15, 0.2) is 0 Å². The van der Waals surface area contributed by atoms with Crippen LogP contribution in [0.4, 0.5) is 0 Å². The first-order valence-corrected chi connectivity index (χ1v) is 2.27. The van der Waals surface area contributed by atoms with Crippen molar-refractivity contribution >= 4 is 11.6 Å². The minimum atomic E-state index is 0.0900. The van der Waals surface area contributed by atoms with Gasteiger partial charge < -0.3 is 5.11 Å². The molecular weight excluding hydrogens is 99.5 g/mol. The van der Waals surface area contributed by atoms with Gasteiger partial charge in [-0.05, 0) is 0 Å². The Morgan fingerprint density at radius 3 is 2.33 bits per heavy atom. The van der Waals surface area contributed by atoms with Crippen molar-refractivity contribution in [3.8, 4) is 0 Å². The van der Waals surface area contributed by atoms with Crippen LogP contribution in [-0.2, 0) is 0 Å². The number of alkyl halides is 1. The summed E-state index contributed by atoms with van der Waals surface area (Å²) >= 11 is 5.18. The number of halogens is 1.